The first-order valence-electron chi connectivity index (χ1n) is 7.06. The van der Waals surface area contributed by atoms with Gasteiger partial charge in [-0.15, -0.1) is 0 Å². The van der Waals surface area contributed by atoms with Gasteiger partial charge < -0.3 is 10.2 Å². The summed E-state index contributed by atoms with van der Waals surface area (Å²) in [6.07, 6.45) is 6.76. The summed E-state index contributed by atoms with van der Waals surface area (Å²) in [4.78, 5) is 2.48. The Kier molecular flexibility index (Phi) is 11.3. The van der Waals surface area contributed by atoms with Gasteiger partial charge in [-0.2, -0.15) is 0 Å². The molecule has 0 saturated heterocycles. The van der Waals surface area contributed by atoms with Crippen molar-refractivity contribution in [3.63, 3.8) is 0 Å². The molecule has 0 aliphatic carbocycles. The average Bonchev–Trinajstić information content (AvgIpc) is 2.22. The Labute approximate surface area is 103 Å². The smallest absolute Gasteiger partial charge is 0.00217 e. The lowest BCUT2D eigenvalue weighted by molar-refractivity contribution is 0.309. The monoisotopic (exact) mass is 228 g/mol. The van der Waals surface area contributed by atoms with E-state index in [4.69, 9.17) is 0 Å². The number of hydrogen-bond donors (Lipinski definition) is 1. The molecule has 0 aromatic rings. The Morgan fingerprint density at radius 2 is 1.69 bits per heavy atom. The van der Waals surface area contributed by atoms with Gasteiger partial charge in [-0.25, -0.2) is 0 Å². The Morgan fingerprint density at radius 3 is 2.31 bits per heavy atom. The molecule has 2 nitrogen and oxygen atoms in total. The minimum Gasteiger partial charge on any atom is -0.317 e. The van der Waals surface area contributed by atoms with Crippen molar-refractivity contribution in [1.82, 2.24) is 10.2 Å². The number of hydrogen-bond acceptors (Lipinski definition) is 2. The van der Waals surface area contributed by atoms with Crippen molar-refractivity contribution in [2.75, 3.05) is 33.2 Å². The van der Waals surface area contributed by atoms with E-state index in [1.807, 2.05) is 0 Å². The summed E-state index contributed by atoms with van der Waals surface area (Å²) >= 11 is 0. The summed E-state index contributed by atoms with van der Waals surface area (Å²) in [5, 5.41) is 3.37. The molecule has 2 heteroatoms. The van der Waals surface area contributed by atoms with Gasteiger partial charge in [-0.1, -0.05) is 27.2 Å². The molecule has 0 aliphatic heterocycles. The Morgan fingerprint density at radius 1 is 1.00 bits per heavy atom. The molecule has 0 saturated carbocycles. The molecular formula is C14H32N2. The molecule has 0 bridgehead atoms. The van der Waals surface area contributed by atoms with Crippen LogP contribution in [0.3, 0.4) is 0 Å². The number of nitrogens with one attached hydrogen (secondary N) is 1. The summed E-state index contributed by atoms with van der Waals surface area (Å²) in [5.74, 6) is 0.855. The molecule has 0 fully saturated rings. The summed E-state index contributed by atoms with van der Waals surface area (Å²) in [5.41, 5.74) is 0. The van der Waals surface area contributed by atoms with Crippen LogP contribution < -0.4 is 5.32 Å². The van der Waals surface area contributed by atoms with Gasteiger partial charge in [0.05, 0.1) is 0 Å². The molecule has 1 N–H and O–H groups in total. The van der Waals surface area contributed by atoms with Crippen molar-refractivity contribution in [3.8, 4) is 0 Å². The van der Waals surface area contributed by atoms with Crippen LogP contribution in [0.1, 0.15) is 52.9 Å². The molecule has 0 aromatic heterocycles. The van der Waals surface area contributed by atoms with E-state index in [9.17, 15) is 0 Å². The first-order valence-corrected chi connectivity index (χ1v) is 7.06. The highest BCUT2D eigenvalue weighted by Crippen LogP contribution is 2.04. The zero-order valence-corrected chi connectivity index (χ0v) is 11.9. The van der Waals surface area contributed by atoms with Gasteiger partial charge in [0, 0.05) is 0 Å². The quantitative estimate of drug-likeness (QED) is 0.547. The van der Waals surface area contributed by atoms with Crippen molar-refractivity contribution in [2.24, 2.45) is 5.92 Å². The third kappa shape index (κ3) is 12.0. The van der Waals surface area contributed by atoms with Crippen molar-refractivity contribution in [1.29, 1.82) is 0 Å². The second-order valence-electron chi connectivity index (χ2n) is 5.25. The molecule has 0 heterocycles. The Balaban J connectivity index is 3.14. The fourth-order valence-corrected chi connectivity index (χ4v) is 1.87. The zero-order valence-electron chi connectivity index (χ0n) is 11.9. The van der Waals surface area contributed by atoms with E-state index in [0.29, 0.717) is 0 Å². The Hall–Kier alpha value is -0.0800. The second kappa shape index (κ2) is 11.4. The van der Waals surface area contributed by atoms with E-state index >= 15 is 0 Å². The van der Waals surface area contributed by atoms with E-state index in [1.165, 1.54) is 51.7 Å². The summed E-state index contributed by atoms with van der Waals surface area (Å²) < 4.78 is 0. The normalized spacial score (nSPS) is 11.6. The van der Waals surface area contributed by atoms with Gasteiger partial charge in [0.1, 0.15) is 0 Å². The topological polar surface area (TPSA) is 15.3 Å². The van der Waals surface area contributed by atoms with Gasteiger partial charge in [-0.3, -0.25) is 0 Å². The van der Waals surface area contributed by atoms with Crippen molar-refractivity contribution in [2.45, 2.75) is 52.9 Å². The molecule has 0 rings (SSSR count). The molecule has 16 heavy (non-hydrogen) atoms. The minimum absolute atomic E-state index is 0.855. The van der Waals surface area contributed by atoms with Crippen LogP contribution in [0.15, 0.2) is 0 Å². The highest BCUT2D eigenvalue weighted by molar-refractivity contribution is 4.55. The first-order chi connectivity index (χ1) is 7.66. The van der Waals surface area contributed by atoms with Crippen molar-refractivity contribution >= 4 is 0 Å². The summed E-state index contributed by atoms with van der Waals surface area (Å²) in [6.45, 7) is 11.6. The highest BCUT2D eigenvalue weighted by atomic mass is 15.1. The fraction of sp³-hybridized carbons (Fsp3) is 1.00. The second-order valence-corrected chi connectivity index (χ2v) is 5.25. The maximum absolute atomic E-state index is 3.37. The first kappa shape index (κ1) is 15.9. The number of nitrogens with zero attached hydrogens (tertiary/aromatic N) is 1. The molecule has 0 amide bonds. The van der Waals surface area contributed by atoms with Crippen LogP contribution in [0.5, 0.6) is 0 Å². The molecule has 0 aromatic carbocycles. The Bertz CT molecular complexity index is 135. The standard InChI is InChI=1S/C14H32N2/c1-5-15-11-7-6-8-12-16(4)13-9-10-14(2)3/h14-15H,5-13H2,1-4H3. The third-order valence-corrected chi connectivity index (χ3v) is 2.96. The maximum Gasteiger partial charge on any atom is -0.00217 e. The lowest BCUT2D eigenvalue weighted by Crippen LogP contribution is -2.21. The lowest BCUT2D eigenvalue weighted by Gasteiger charge is -2.16. The van der Waals surface area contributed by atoms with E-state index in [-0.39, 0.29) is 0 Å². The van der Waals surface area contributed by atoms with Gasteiger partial charge in [0.25, 0.3) is 0 Å². The van der Waals surface area contributed by atoms with Crippen LogP contribution in [0.4, 0.5) is 0 Å². The van der Waals surface area contributed by atoms with Gasteiger partial charge in [0.2, 0.25) is 0 Å². The van der Waals surface area contributed by atoms with E-state index in [2.05, 4.69) is 38.0 Å². The van der Waals surface area contributed by atoms with Gasteiger partial charge >= 0.3 is 0 Å². The molecule has 0 atom stereocenters. The van der Waals surface area contributed by atoms with Gasteiger partial charge in [0.15, 0.2) is 0 Å². The molecular weight excluding hydrogens is 196 g/mol. The zero-order chi connectivity index (χ0) is 12.2. The fourth-order valence-electron chi connectivity index (χ4n) is 1.87. The van der Waals surface area contributed by atoms with Crippen LogP contribution >= 0.6 is 0 Å². The highest BCUT2D eigenvalue weighted by Gasteiger charge is 1.99. The molecule has 0 aliphatic rings. The molecule has 0 spiro atoms. The lowest BCUT2D eigenvalue weighted by atomic mass is 10.1. The predicted octanol–water partition coefficient (Wildman–Crippen LogP) is 3.13. The SMILES string of the molecule is CCNCCCCCN(C)CCCC(C)C. The van der Waals surface area contributed by atoms with Crippen molar-refractivity contribution < 1.29 is 0 Å². The summed E-state index contributed by atoms with van der Waals surface area (Å²) in [6, 6.07) is 0. The molecule has 0 unspecified atom stereocenters. The predicted molar refractivity (Wildman–Crippen MR) is 74.0 cm³/mol. The van der Waals surface area contributed by atoms with E-state index in [1.54, 1.807) is 0 Å². The molecule has 98 valence electrons. The van der Waals surface area contributed by atoms with E-state index in [0.717, 1.165) is 12.5 Å². The van der Waals surface area contributed by atoms with Gasteiger partial charge in [-0.05, 0) is 64.8 Å². The van der Waals surface area contributed by atoms with Crippen LogP contribution in [0.25, 0.3) is 0 Å². The number of unbranched alkanes of at least 4 members (excludes halogenated alkanes) is 2. The molecule has 0 radical (unpaired) electrons. The average molecular weight is 228 g/mol. The van der Waals surface area contributed by atoms with Crippen LogP contribution in [-0.4, -0.2) is 38.1 Å². The van der Waals surface area contributed by atoms with Crippen LogP contribution in [0, 0.1) is 5.92 Å². The number of rotatable bonds is 11. The summed E-state index contributed by atoms with van der Waals surface area (Å²) in [7, 11) is 2.25. The maximum atomic E-state index is 3.37. The van der Waals surface area contributed by atoms with Crippen LogP contribution in [0.2, 0.25) is 0 Å². The largest absolute Gasteiger partial charge is 0.317 e. The minimum atomic E-state index is 0.855. The third-order valence-electron chi connectivity index (χ3n) is 2.96. The van der Waals surface area contributed by atoms with E-state index < -0.39 is 0 Å². The van der Waals surface area contributed by atoms with Crippen LogP contribution in [-0.2, 0) is 0 Å². The van der Waals surface area contributed by atoms with Crippen molar-refractivity contribution in [3.05, 3.63) is 0 Å².